The molecule has 0 aliphatic rings. The van der Waals surface area contributed by atoms with Crippen LogP contribution in [0.5, 0.6) is 0 Å². The van der Waals surface area contributed by atoms with Crippen molar-refractivity contribution in [3.8, 4) is 0 Å². The van der Waals surface area contributed by atoms with Crippen molar-refractivity contribution in [2.24, 2.45) is 5.10 Å². The lowest BCUT2D eigenvalue weighted by molar-refractivity contribution is 0.977. The average molecular weight is 307 g/mol. The molecule has 6 heteroatoms. The Hall–Kier alpha value is -1.95. The van der Waals surface area contributed by atoms with Crippen molar-refractivity contribution in [1.82, 2.24) is 10.2 Å². The van der Waals surface area contributed by atoms with Crippen molar-refractivity contribution >= 4 is 27.8 Å². The number of nitrogens with zero attached hydrogens (tertiary/aromatic N) is 2. The number of H-pyrrole nitrogens is 1. The number of aromatic amines is 1. The van der Waals surface area contributed by atoms with Crippen LogP contribution in [0.1, 0.15) is 11.1 Å². The largest absolute Gasteiger partial charge is 0.280 e. The lowest BCUT2D eigenvalue weighted by Gasteiger charge is -2.00. The predicted molar refractivity (Wildman–Crippen MR) is 75.0 cm³/mol. The number of benzene rings is 1. The van der Waals surface area contributed by atoms with Gasteiger partial charge in [-0.05, 0) is 28.4 Å². The number of aryl methyl sites for hydroxylation is 1. The zero-order chi connectivity index (χ0) is 13.0. The van der Waals surface area contributed by atoms with E-state index in [1.807, 2.05) is 31.2 Å². The normalized spacial score (nSPS) is 10.8. The number of nitrogens with one attached hydrogen (secondary N) is 2. The Balaban J connectivity index is 2.09. The fourth-order valence-corrected chi connectivity index (χ4v) is 1.57. The van der Waals surface area contributed by atoms with Gasteiger partial charge in [-0.15, -0.1) is 0 Å². The molecule has 5 nitrogen and oxygen atoms in total. The predicted octanol–water partition coefficient (Wildman–Crippen LogP) is 2.29. The van der Waals surface area contributed by atoms with Gasteiger partial charge in [0.1, 0.15) is 4.47 Å². The Morgan fingerprint density at radius 2 is 2.11 bits per heavy atom. The topological polar surface area (TPSA) is 70.1 Å². The number of anilines is 1. The standard InChI is InChI=1S/C12H11BrN4O/c1-8-2-4-9(5-3-8)6-14-16-10-7-15-17-12(18)11(10)13/h2-7H,1H3,(H2,16,17,18). The molecule has 1 aromatic carbocycles. The van der Waals surface area contributed by atoms with E-state index in [0.29, 0.717) is 10.2 Å². The van der Waals surface area contributed by atoms with Crippen LogP contribution in [-0.4, -0.2) is 16.4 Å². The number of hydrazone groups is 1. The molecule has 0 aliphatic heterocycles. The van der Waals surface area contributed by atoms with Gasteiger partial charge in [-0.2, -0.15) is 10.2 Å². The smallest absolute Gasteiger partial charge is 0.275 e. The quantitative estimate of drug-likeness (QED) is 0.675. The third-order valence-electron chi connectivity index (χ3n) is 2.27. The molecule has 0 fully saturated rings. The van der Waals surface area contributed by atoms with E-state index >= 15 is 0 Å². The van der Waals surface area contributed by atoms with Gasteiger partial charge in [-0.1, -0.05) is 29.8 Å². The second-order valence-electron chi connectivity index (χ2n) is 3.71. The molecule has 0 unspecified atom stereocenters. The Morgan fingerprint density at radius 1 is 1.39 bits per heavy atom. The average Bonchev–Trinajstić information content (AvgIpc) is 2.37. The summed E-state index contributed by atoms with van der Waals surface area (Å²) in [6.07, 6.45) is 3.16. The number of rotatable bonds is 3. The third-order valence-corrected chi connectivity index (χ3v) is 3.06. The molecule has 0 bridgehead atoms. The zero-order valence-corrected chi connectivity index (χ0v) is 11.2. The second-order valence-corrected chi connectivity index (χ2v) is 4.50. The van der Waals surface area contributed by atoms with Crippen molar-refractivity contribution in [1.29, 1.82) is 0 Å². The molecule has 1 heterocycles. The first-order valence-electron chi connectivity index (χ1n) is 5.26. The van der Waals surface area contributed by atoms with Gasteiger partial charge in [-0.3, -0.25) is 10.2 Å². The highest BCUT2D eigenvalue weighted by Crippen LogP contribution is 2.14. The molecular formula is C12H11BrN4O. The Bertz CT molecular complexity index is 619. The number of hydrogen-bond donors (Lipinski definition) is 2. The van der Waals surface area contributed by atoms with Crippen LogP contribution in [0.3, 0.4) is 0 Å². The van der Waals surface area contributed by atoms with Crippen LogP contribution in [0.2, 0.25) is 0 Å². The fraction of sp³-hybridized carbons (Fsp3) is 0.0833. The lowest BCUT2D eigenvalue weighted by Crippen LogP contribution is -2.10. The van der Waals surface area contributed by atoms with Crippen LogP contribution in [0.4, 0.5) is 5.69 Å². The lowest BCUT2D eigenvalue weighted by atomic mass is 10.2. The number of halogens is 1. The summed E-state index contributed by atoms with van der Waals surface area (Å²) in [5.41, 5.74) is 5.14. The van der Waals surface area contributed by atoms with Gasteiger partial charge in [0.05, 0.1) is 18.1 Å². The summed E-state index contributed by atoms with van der Waals surface area (Å²) in [7, 11) is 0. The molecule has 2 N–H and O–H groups in total. The molecule has 92 valence electrons. The summed E-state index contributed by atoms with van der Waals surface area (Å²) < 4.78 is 0.374. The summed E-state index contributed by atoms with van der Waals surface area (Å²) >= 11 is 3.16. The molecule has 0 saturated heterocycles. The monoisotopic (exact) mass is 306 g/mol. The molecule has 0 atom stereocenters. The molecule has 2 aromatic rings. The van der Waals surface area contributed by atoms with Crippen molar-refractivity contribution in [3.05, 3.63) is 56.4 Å². The maximum atomic E-state index is 11.3. The van der Waals surface area contributed by atoms with E-state index in [4.69, 9.17) is 0 Å². The van der Waals surface area contributed by atoms with Crippen molar-refractivity contribution in [3.63, 3.8) is 0 Å². The van der Waals surface area contributed by atoms with Crippen LogP contribution >= 0.6 is 15.9 Å². The van der Waals surface area contributed by atoms with Gasteiger partial charge in [-0.25, -0.2) is 5.10 Å². The van der Waals surface area contributed by atoms with Crippen molar-refractivity contribution < 1.29 is 0 Å². The maximum Gasteiger partial charge on any atom is 0.280 e. The van der Waals surface area contributed by atoms with Gasteiger partial charge in [0, 0.05) is 0 Å². The van der Waals surface area contributed by atoms with Gasteiger partial charge < -0.3 is 0 Å². The highest BCUT2D eigenvalue weighted by atomic mass is 79.9. The van der Waals surface area contributed by atoms with Crippen LogP contribution < -0.4 is 11.0 Å². The van der Waals surface area contributed by atoms with Crippen molar-refractivity contribution in [2.75, 3.05) is 5.43 Å². The summed E-state index contributed by atoms with van der Waals surface area (Å²) in [5, 5.41) is 10.0. The van der Waals surface area contributed by atoms with Gasteiger partial charge in [0.25, 0.3) is 5.56 Å². The molecule has 0 amide bonds. The Kier molecular flexibility index (Phi) is 3.88. The zero-order valence-electron chi connectivity index (χ0n) is 9.64. The van der Waals surface area contributed by atoms with Crippen LogP contribution in [0.25, 0.3) is 0 Å². The number of aromatic nitrogens is 2. The third kappa shape index (κ3) is 3.04. The van der Waals surface area contributed by atoms with Crippen LogP contribution in [0, 0.1) is 6.92 Å². The van der Waals surface area contributed by atoms with Gasteiger partial charge in [0.15, 0.2) is 0 Å². The minimum absolute atomic E-state index is 0.300. The highest BCUT2D eigenvalue weighted by Gasteiger charge is 2.01. The fourth-order valence-electron chi connectivity index (χ4n) is 1.29. The van der Waals surface area contributed by atoms with Crippen LogP contribution in [0.15, 0.2) is 44.8 Å². The SMILES string of the molecule is Cc1ccc(C=NNc2cn[nH]c(=O)c2Br)cc1. The van der Waals surface area contributed by atoms with E-state index < -0.39 is 0 Å². The van der Waals surface area contributed by atoms with Crippen molar-refractivity contribution in [2.45, 2.75) is 6.92 Å². The van der Waals surface area contributed by atoms with E-state index in [-0.39, 0.29) is 5.56 Å². The molecule has 0 saturated carbocycles. The van der Waals surface area contributed by atoms with E-state index in [1.54, 1.807) is 6.21 Å². The molecule has 1 aromatic heterocycles. The van der Waals surface area contributed by atoms with Gasteiger partial charge in [0.2, 0.25) is 0 Å². The van der Waals surface area contributed by atoms with E-state index in [9.17, 15) is 4.79 Å². The minimum atomic E-state index is -0.300. The minimum Gasteiger partial charge on any atom is -0.275 e. The van der Waals surface area contributed by atoms with E-state index in [1.165, 1.54) is 11.8 Å². The Morgan fingerprint density at radius 3 is 2.83 bits per heavy atom. The molecule has 0 radical (unpaired) electrons. The first-order valence-corrected chi connectivity index (χ1v) is 6.05. The molecule has 0 aliphatic carbocycles. The van der Waals surface area contributed by atoms with Crippen LogP contribution in [-0.2, 0) is 0 Å². The first kappa shape index (κ1) is 12.5. The van der Waals surface area contributed by atoms with Gasteiger partial charge >= 0.3 is 0 Å². The summed E-state index contributed by atoms with van der Waals surface area (Å²) in [6, 6.07) is 7.94. The van der Waals surface area contributed by atoms with E-state index in [2.05, 4.69) is 36.7 Å². The molecular weight excluding hydrogens is 296 g/mol. The summed E-state index contributed by atoms with van der Waals surface area (Å²) in [5.74, 6) is 0. The first-order chi connectivity index (χ1) is 8.66. The molecule has 2 rings (SSSR count). The van der Waals surface area contributed by atoms with E-state index in [0.717, 1.165) is 5.56 Å². The Labute approximate surface area is 112 Å². The maximum absolute atomic E-state index is 11.3. The summed E-state index contributed by atoms with van der Waals surface area (Å²) in [6.45, 7) is 2.03. The second kappa shape index (κ2) is 5.59. The molecule has 18 heavy (non-hydrogen) atoms. The highest BCUT2D eigenvalue weighted by molar-refractivity contribution is 9.10. The molecule has 0 spiro atoms. The summed E-state index contributed by atoms with van der Waals surface area (Å²) in [4.78, 5) is 11.3. The number of hydrogen-bond acceptors (Lipinski definition) is 4.